The monoisotopic (exact) mass is 191 g/mol. The van der Waals surface area contributed by atoms with Crippen molar-refractivity contribution in [2.75, 3.05) is 7.11 Å². The number of methoxy groups -OCH3 is 1. The van der Waals surface area contributed by atoms with Crippen molar-refractivity contribution >= 4 is 24.7 Å². The summed E-state index contributed by atoms with van der Waals surface area (Å²) >= 11 is 3.59. The molecule has 12 heavy (non-hydrogen) atoms. The molecule has 0 unspecified atom stereocenters. The molecule has 0 aromatic rings. The molecule has 0 heterocycles. The maximum Gasteiger partial charge on any atom is 0.305 e. The second-order valence-electron chi connectivity index (χ2n) is 2.32. The number of carbonyl (C=O) groups excluding carboxylic acids is 2. The molecule has 0 radical (unpaired) electrons. The lowest BCUT2D eigenvalue weighted by Gasteiger charge is -1.98. The number of carbonyl (C=O) groups is 2. The summed E-state index contributed by atoms with van der Waals surface area (Å²) in [4.78, 5) is 21.2. The number of ether oxygens (including phenoxy) is 1. The van der Waals surface area contributed by atoms with E-state index in [1.165, 1.54) is 7.11 Å². The molecule has 0 atom stereocenters. The van der Waals surface area contributed by atoms with Gasteiger partial charge in [0, 0.05) is 12.8 Å². The fourth-order valence-corrected chi connectivity index (χ4v) is 0.825. The molecule has 0 spiro atoms. The first-order valence-corrected chi connectivity index (χ1v) is 4.15. The van der Waals surface area contributed by atoms with Crippen molar-refractivity contribution in [2.24, 2.45) is 0 Å². The Balaban J connectivity index is 3.21. The standard InChI is InChI=1S/C7H13NO3S/c1-11-7(10)5-3-2-4-6(9)8-12/h12H,2-5H2,1H3,(H,8,9). The van der Waals surface area contributed by atoms with Crippen molar-refractivity contribution in [3.05, 3.63) is 0 Å². The molecule has 4 nitrogen and oxygen atoms in total. The molecule has 0 aromatic carbocycles. The summed E-state index contributed by atoms with van der Waals surface area (Å²) < 4.78 is 6.64. The van der Waals surface area contributed by atoms with Crippen molar-refractivity contribution in [1.82, 2.24) is 4.72 Å². The van der Waals surface area contributed by atoms with Gasteiger partial charge in [-0.1, -0.05) is 12.8 Å². The quantitative estimate of drug-likeness (QED) is 0.382. The Morgan fingerprint density at radius 1 is 1.33 bits per heavy atom. The molecular formula is C7H13NO3S. The van der Waals surface area contributed by atoms with Crippen LogP contribution >= 0.6 is 12.8 Å². The molecule has 1 amide bonds. The summed E-state index contributed by atoms with van der Waals surface area (Å²) in [5.41, 5.74) is 0. The van der Waals surface area contributed by atoms with E-state index in [1.54, 1.807) is 0 Å². The summed E-state index contributed by atoms with van der Waals surface area (Å²) in [6, 6.07) is 0. The van der Waals surface area contributed by atoms with Gasteiger partial charge >= 0.3 is 5.97 Å². The van der Waals surface area contributed by atoms with Gasteiger partial charge in [-0.25, -0.2) is 0 Å². The zero-order valence-electron chi connectivity index (χ0n) is 7.00. The molecule has 0 aliphatic heterocycles. The summed E-state index contributed by atoms with van der Waals surface area (Å²) in [5.74, 6) is -0.357. The molecular weight excluding hydrogens is 178 g/mol. The Morgan fingerprint density at radius 2 is 1.92 bits per heavy atom. The lowest BCUT2D eigenvalue weighted by molar-refractivity contribution is -0.140. The average Bonchev–Trinajstić information content (AvgIpc) is 2.11. The van der Waals surface area contributed by atoms with E-state index in [-0.39, 0.29) is 11.9 Å². The van der Waals surface area contributed by atoms with E-state index in [0.717, 1.165) is 0 Å². The van der Waals surface area contributed by atoms with E-state index in [1.807, 2.05) is 0 Å². The van der Waals surface area contributed by atoms with Crippen LogP contribution in [0.3, 0.4) is 0 Å². The number of amides is 1. The first-order valence-electron chi connectivity index (χ1n) is 3.70. The number of nitrogens with one attached hydrogen (secondary N) is 1. The molecule has 0 saturated carbocycles. The van der Waals surface area contributed by atoms with Crippen LogP contribution < -0.4 is 4.72 Å². The fourth-order valence-electron chi connectivity index (χ4n) is 0.713. The molecule has 0 rings (SSSR count). The van der Waals surface area contributed by atoms with Crippen LogP contribution in [0.15, 0.2) is 0 Å². The maximum absolute atomic E-state index is 10.6. The molecule has 70 valence electrons. The first kappa shape index (κ1) is 11.3. The minimum atomic E-state index is -0.235. The lowest BCUT2D eigenvalue weighted by atomic mass is 10.2. The summed E-state index contributed by atoms with van der Waals surface area (Å²) in [5, 5.41) is 0. The van der Waals surface area contributed by atoms with Crippen molar-refractivity contribution in [3.63, 3.8) is 0 Å². The summed E-state index contributed by atoms with van der Waals surface area (Å²) in [7, 11) is 1.35. The van der Waals surface area contributed by atoms with Gasteiger partial charge in [0.25, 0.3) is 0 Å². The second-order valence-corrected chi connectivity index (χ2v) is 2.54. The van der Waals surface area contributed by atoms with E-state index in [2.05, 4.69) is 22.3 Å². The van der Waals surface area contributed by atoms with Crippen LogP contribution in [0.4, 0.5) is 0 Å². The zero-order chi connectivity index (χ0) is 9.40. The Morgan fingerprint density at radius 3 is 2.42 bits per heavy atom. The van der Waals surface area contributed by atoms with Gasteiger partial charge in [-0.2, -0.15) is 0 Å². The maximum atomic E-state index is 10.6. The van der Waals surface area contributed by atoms with E-state index in [9.17, 15) is 9.59 Å². The first-order chi connectivity index (χ1) is 5.70. The molecule has 0 bridgehead atoms. The van der Waals surface area contributed by atoms with Crippen LogP contribution in [0.5, 0.6) is 0 Å². The van der Waals surface area contributed by atoms with Crippen LogP contribution in [0.2, 0.25) is 0 Å². The van der Waals surface area contributed by atoms with Crippen molar-refractivity contribution in [1.29, 1.82) is 0 Å². The number of esters is 1. The molecule has 0 aliphatic carbocycles. The third-order valence-corrected chi connectivity index (χ3v) is 1.64. The molecule has 5 heteroatoms. The second kappa shape index (κ2) is 6.97. The molecule has 0 fully saturated rings. The van der Waals surface area contributed by atoms with Gasteiger partial charge in [0.2, 0.25) is 5.91 Å². The Kier molecular flexibility index (Phi) is 6.55. The van der Waals surface area contributed by atoms with Crippen LogP contribution in [-0.2, 0) is 14.3 Å². The lowest BCUT2D eigenvalue weighted by Crippen LogP contribution is -2.11. The van der Waals surface area contributed by atoms with E-state index in [4.69, 9.17) is 0 Å². The normalized spacial score (nSPS) is 9.17. The van der Waals surface area contributed by atoms with Gasteiger partial charge in [-0.3, -0.25) is 9.59 Å². The summed E-state index contributed by atoms with van der Waals surface area (Å²) in [6.07, 6.45) is 2.13. The predicted molar refractivity (Wildman–Crippen MR) is 47.6 cm³/mol. The number of unbranched alkanes of at least 4 members (excludes halogenated alkanes) is 1. The van der Waals surface area contributed by atoms with Gasteiger partial charge in [0.15, 0.2) is 0 Å². The SMILES string of the molecule is COC(=O)CCCCC(=O)NS. The Hall–Kier alpha value is -0.710. The van der Waals surface area contributed by atoms with Gasteiger partial charge in [-0.05, 0) is 12.8 Å². The predicted octanol–water partition coefficient (Wildman–Crippen LogP) is 0.681. The zero-order valence-corrected chi connectivity index (χ0v) is 7.89. The molecule has 1 N–H and O–H groups in total. The summed E-state index contributed by atoms with van der Waals surface area (Å²) in [6.45, 7) is 0. The molecule has 0 saturated heterocycles. The van der Waals surface area contributed by atoms with Gasteiger partial charge in [-0.15, -0.1) is 0 Å². The molecule has 0 aromatic heterocycles. The van der Waals surface area contributed by atoms with Crippen LogP contribution in [0.1, 0.15) is 25.7 Å². The molecule has 0 aliphatic rings. The minimum Gasteiger partial charge on any atom is -0.469 e. The highest BCUT2D eigenvalue weighted by Gasteiger charge is 2.01. The van der Waals surface area contributed by atoms with Crippen molar-refractivity contribution < 1.29 is 14.3 Å². The Labute approximate surface area is 77.2 Å². The fraction of sp³-hybridized carbons (Fsp3) is 0.714. The van der Waals surface area contributed by atoms with Crippen LogP contribution in [-0.4, -0.2) is 19.0 Å². The number of hydrogen-bond donors (Lipinski definition) is 2. The van der Waals surface area contributed by atoms with Gasteiger partial charge < -0.3 is 9.46 Å². The number of thiol groups is 1. The van der Waals surface area contributed by atoms with Gasteiger partial charge in [0.05, 0.1) is 7.11 Å². The number of rotatable bonds is 5. The minimum absolute atomic E-state index is 0.122. The van der Waals surface area contributed by atoms with E-state index < -0.39 is 0 Å². The smallest absolute Gasteiger partial charge is 0.305 e. The average molecular weight is 191 g/mol. The highest BCUT2D eigenvalue weighted by molar-refractivity contribution is 7.78. The van der Waals surface area contributed by atoms with Crippen molar-refractivity contribution in [2.45, 2.75) is 25.7 Å². The third-order valence-electron chi connectivity index (χ3n) is 1.39. The van der Waals surface area contributed by atoms with Gasteiger partial charge in [0.1, 0.15) is 0 Å². The third kappa shape index (κ3) is 6.03. The highest BCUT2D eigenvalue weighted by atomic mass is 32.1. The number of hydrogen-bond acceptors (Lipinski definition) is 4. The van der Waals surface area contributed by atoms with E-state index in [0.29, 0.717) is 25.7 Å². The highest BCUT2D eigenvalue weighted by Crippen LogP contribution is 2.00. The topological polar surface area (TPSA) is 55.4 Å². The Bertz CT molecular complexity index is 143. The van der Waals surface area contributed by atoms with Crippen LogP contribution in [0.25, 0.3) is 0 Å². The van der Waals surface area contributed by atoms with Crippen molar-refractivity contribution in [3.8, 4) is 0 Å². The largest absolute Gasteiger partial charge is 0.469 e. The van der Waals surface area contributed by atoms with Crippen LogP contribution in [0, 0.1) is 0 Å². The van der Waals surface area contributed by atoms with E-state index >= 15 is 0 Å².